The third-order valence-electron chi connectivity index (χ3n) is 2.85. The van der Waals surface area contributed by atoms with Crippen LogP contribution in [-0.4, -0.2) is 42.2 Å². The van der Waals surface area contributed by atoms with Crippen molar-refractivity contribution in [1.29, 1.82) is 0 Å². The van der Waals surface area contributed by atoms with E-state index in [1.54, 1.807) is 0 Å². The fourth-order valence-corrected chi connectivity index (χ4v) is 2.63. The molecule has 0 spiro atoms. The van der Waals surface area contributed by atoms with Gasteiger partial charge in [0, 0.05) is 19.6 Å². The quantitative estimate of drug-likeness (QED) is 0.676. The van der Waals surface area contributed by atoms with Gasteiger partial charge in [-0.25, -0.2) is 4.79 Å². The number of likely N-dealkylation sites (N-methyl/N-ethyl adjacent to an activating group) is 1. The molecule has 0 bridgehead atoms. The first-order valence-corrected chi connectivity index (χ1v) is 7.29. The van der Waals surface area contributed by atoms with Gasteiger partial charge in [-0.05, 0) is 36.5 Å². The van der Waals surface area contributed by atoms with Crippen LogP contribution in [0.2, 0.25) is 0 Å². The van der Waals surface area contributed by atoms with E-state index >= 15 is 0 Å². The van der Waals surface area contributed by atoms with E-state index in [0.717, 1.165) is 31.7 Å². The van der Waals surface area contributed by atoms with Crippen molar-refractivity contribution in [3.05, 3.63) is 21.9 Å². The van der Waals surface area contributed by atoms with Crippen LogP contribution in [-0.2, 0) is 6.54 Å². The summed E-state index contributed by atoms with van der Waals surface area (Å²) in [5.41, 5.74) is 0.881. The average molecular weight is 270 g/mol. The van der Waals surface area contributed by atoms with Crippen LogP contribution in [0.1, 0.15) is 35.5 Å². The maximum Gasteiger partial charge on any atom is 0.346 e. The predicted molar refractivity (Wildman–Crippen MR) is 75.4 cm³/mol. The molecule has 0 aliphatic rings. The highest BCUT2D eigenvalue weighted by molar-refractivity contribution is 7.12. The molecule has 0 atom stereocenters. The third kappa shape index (κ3) is 4.76. The van der Waals surface area contributed by atoms with Crippen molar-refractivity contribution in [1.82, 2.24) is 10.2 Å². The van der Waals surface area contributed by atoms with Gasteiger partial charge in [0.05, 0.1) is 0 Å². The number of nitrogens with zero attached hydrogens (tertiary/aromatic N) is 1. The molecule has 2 N–H and O–H groups in total. The normalized spacial score (nSPS) is 11.1. The number of hydrogen-bond donors (Lipinski definition) is 2. The fourth-order valence-electron chi connectivity index (χ4n) is 1.87. The Hall–Kier alpha value is -0.910. The van der Waals surface area contributed by atoms with Crippen molar-refractivity contribution in [2.75, 3.05) is 26.2 Å². The zero-order chi connectivity index (χ0) is 13.4. The second-order valence-electron chi connectivity index (χ2n) is 4.19. The van der Waals surface area contributed by atoms with E-state index in [-0.39, 0.29) is 0 Å². The molecular weight excluding hydrogens is 248 g/mol. The second-order valence-corrected chi connectivity index (χ2v) is 5.11. The van der Waals surface area contributed by atoms with Crippen LogP contribution in [0.5, 0.6) is 0 Å². The highest BCUT2D eigenvalue weighted by Crippen LogP contribution is 2.16. The number of carboxylic acid groups (broad SMARTS) is 1. The third-order valence-corrected chi connectivity index (χ3v) is 3.79. The average Bonchev–Trinajstić information content (AvgIpc) is 2.81. The van der Waals surface area contributed by atoms with Crippen LogP contribution in [0.3, 0.4) is 0 Å². The number of rotatable bonds is 9. The van der Waals surface area contributed by atoms with Gasteiger partial charge >= 0.3 is 5.97 Å². The molecule has 1 aromatic rings. The van der Waals surface area contributed by atoms with Gasteiger partial charge in [0.1, 0.15) is 4.88 Å². The summed E-state index contributed by atoms with van der Waals surface area (Å²) < 4.78 is 0. The molecule has 5 heteroatoms. The molecule has 18 heavy (non-hydrogen) atoms. The van der Waals surface area contributed by atoms with Gasteiger partial charge in [-0.15, -0.1) is 11.3 Å². The van der Waals surface area contributed by atoms with Crippen LogP contribution in [0, 0.1) is 0 Å². The van der Waals surface area contributed by atoms with Gasteiger partial charge < -0.3 is 15.3 Å². The molecule has 0 amide bonds. The Balaban J connectivity index is 2.29. The van der Waals surface area contributed by atoms with Crippen molar-refractivity contribution in [2.24, 2.45) is 0 Å². The maximum atomic E-state index is 10.9. The first kappa shape index (κ1) is 15.1. The molecule has 0 radical (unpaired) electrons. The molecule has 0 saturated heterocycles. The molecule has 0 unspecified atom stereocenters. The van der Waals surface area contributed by atoms with E-state index in [0.29, 0.717) is 11.4 Å². The van der Waals surface area contributed by atoms with Crippen LogP contribution in [0.15, 0.2) is 11.4 Å². The van der Waals surface area contributed by atoms with E-state index in [1.807, 2.05) is 11.4 Å². The van der Waals surface area contributed by atoms with Gasteiger partial charge in [-0.3, -0.25) is 0 Å². The summed E-state index contributed by atoms with van der Waals surface area (Å²) in [5.74, 6) is -0.831. The topological polar surface area (TPSA) is 52.6 Å². The highest BCUT2D eigenvalue weighted by atomic mass is 32.1. The number of thiophene rings is 1. The standard InChI is InChI=1S/C13H22N2O2S/c1-3-7-15(4-2)8-6-14-10-11-5-9-18-12(11)13(16)17/h5,9,14H,3-4,6-8,10H2,1-2H3,(H,16,17). The minimum atomic E-state index is -0.831. The summed E-state index contributed by atoms with van der Waals surface area (Å²) in [5, 5.41) is 14.1. The Kier molecular flexibility index (Phi) is 6.93. The Bertz CT molecular complexity index is 366. The SMILES string of the molecule is CCCN(CC)CCNCc1ccsc1C(=O)O. The summed E-state index contributed by atoms with van der Waals surface area (Å²) in [7, 11) is 0. The molecule has 1 aromatic heterocycles. The minimum Gasteiger partial charge on any atom is -0.477 e. The molecule has 0 aliphatic carbocycles. The molecule has 1 rings (SSSR count). The van der Waals surface area contributed by atoms with Gasteiger partial charge in [-0.1, -0.05) is 13.8 Å². The maximum absolute atomic E-state index is 10.9. The summed E-state index contributed by atoms with van der Waals surface area (Å²) in [6.07, 6.45) is 1.17. The lowest BCUT2D eigenvalue weighted by Crippen LogP contribution is -2.32. The molecule has 0 aromatic carbocycles. The molecule has 0 fully saturated rings. The monoisotopic (exact) mass is 270 g/mol. The number of carbonyl (C=O) groups is 1. The van der Waals surface area contributed by atoms with Crippen LogP contribution >= 0.6 is 11.3 Å². The largest absolute Gasteiger partial charge is 0.477 e. The molecule has 102 valence electrons. The first-order valence-electron chi connectivity index (χ1n) is 6.41. The van der Waals surface area contributed by atoms with E-state index in [4.69, 9.17) is 5.11 Å². The van der Waals surface area contributed by atoms with Gasteiger partial charge in [0.2, 0.25) is 0 Å². The fraction of sp³-hybridized carbons (Fsp3) is 0.615. The number of aromatic carboxylic acids is 1. The van der Waals surface area contributed by atoms with E-state index in [1.165, 1.54) is 17.8 Å². The Morgan fingerprint density at radius 3 is 2.83 bits per heavy atom. The highest BCUT2D eigenvalue weighted by Gasteiger charge is 2.10. The lowest BCUT2D eigenvalue weighted by atomic mass is 10.2. The van der Waals surface area contributed by atoms with Gasteiger partial charge in [0.15, 0.2) is 0 Å². The number of carboxylic acids is 1. The summed E-state index contributed by atoms with van der Waals surface area (Å²) in [6.45, 7) is 9.07. The molecule has 1 heterocycles. The zero-order valence-corrected chi connectivity index (χ0v) is 11.9. The van der Waals surface area contributed by atoms with E-state index in [9.17, 15) is 4.79 Å². The Morgan fingerprint density at radius 2 is 2.22 bits per heavy atom. The number of hydrogen-bond acceptors (Lipinski definition) is 4. The van der Waals surface area contributed by atoms with Gasteiger partial charge in [0.25, 0.3) is 0 Å². The van der Waals surface area contributed by atoms with Crippen LogP contribution in [0.4, 0.5) is 0 Å². The second kappa shape index (κ2) is 8.24. The van der Waals surface area contributed by atoms with Crippen molar-refractivity contribution in [2.45, 2.75) is 26.8 Å². The lowest BCUT2D eigenvalue weighted by Gasteiger charge is -2.19. The van der Waals surface area contributed by atoms with E-state index in [2.05, 4.69) is 24.1 Å². The van der Waals surface area contributed by atoms with Crippen molar-refractivity contribution >= 4 is 17.3 Å². The number of nitrogens with one attached hydrogen (secondary N) is 1. The van der Waals surface area contributed by atoms with Crippen LogP contribution in [0.25, 0.3) is 0 Å². The first-order chi connectivity index (χ1) is 8.69. The van der Waals surface area contributed by atoms with Crippen molar-refractivity contribution in [3.8, 4) is 0 Å². The summed E-state index contributed by atoms with van der Waals surface area (Å²) >= 11 is 1.28. The predicted octanol–water partition coefficient (Wildman–Crippen LogP) is 2.27. The molecule has 0 saturated carbocycles. The lowest BCUT2D eigenvalue weighted by molar-refractivity contribution is 0.0701. The summed E-state index contributed by atoms with van der Waals surface area (Å²) in [6, 6.07) is 1.88. The van der Waals surface area contributed by atoms with Crippen molar-refractivity contribution in [3.63, 3.8) is 0 Å². The minimum absolute atomic E-state index is 0.448. The molecule has 4 nitrogen and oxygen atoms in total. The molecule has 0 aliphatic heterocycles. The van der Waals surface area contributed by atoms with Crippen molar-refractivity contribution < 1.29 is 9.90 Å². The molecular formula is C13H22N2O2S. The Labute approximate surface area is 113 Å². The van der Waals surface area contributed by atoms with Gasteiger partial charge in [-0.2, -0.15) is 0 Å². The smallest absolute Gasteiger partial charge is 0.346 e. The zero-order valence-electron chi connectivity index (χ0n) is 11.1. The summed E-state index contributed by atoms with van der Waals surface area (Å²) in [4.78, 5) is 13.8. The van der Waals surface area contributed by atoms with Crippen LogP contribution < -0.4 is 5.32 Å². The Morgan fingerprint density at radius 1 is 1.44 bits per heavy atom. The van der Waals surface area contributed by atoms with E-state index < -0.39 is 5.97 Å².